The van der Waals surface area contributed by atoms with Crippen LogP contribution < -0.4 is 15.0 Å². The molecule has 0 fully saturated rings. The van der Waals surface area contributed by atoms with Crippen molar-refractivity contribution in [3.63, 3.8) is 0 Å². The third-order valence-corrected chi connectivity index (χ3v) is 4.52. The Morgan fingerprint density at radius 3 is 2.40 bits per heavy atom. The van der Waals surface area contributed by atoms with Gasteiger partial charge in [0.05, 0.1) is 40.9 Å². The van der Waals surface area contributed by atoms with E-state index in [1.165, 1.54) is 26.4 Å². The maximum Gasteiger partial charge on any atom is 0.266 e. The number of H-pyrrole nitrogens is 1. The van der Waals surface area contributed by atoms with Gasteiger partial charge in [-0.3, -0.25) is 9.36 Å². The highest BCUT2D eigenvalue weighted by molar-refractivity contribution is 7.71. The Morgan fingerprint density at radius 2 is 1.76 bits per heavy atom. The van der Waals surface area contributed by atoms with Crippen LogP contribution in [0.1, 0.15) is 0 Å². The van der Waals surface area contributed by atoms with Crippen LogP contribution >= 0.6 is 35.4 Å². The second kappa shape index (κ2) is 6.67. The number of ether oxygens (including phenoxy) is 2. The van der Waals surface area contributed by atoms with Crippen molar-refractivity contribution in [1.29, 1.82) is 0 Å². The summed E-state index contributed by atoms with van der Waals surface area (Å²) < 4.78 is 25.1. The molecule has 0 spiro atoms. The summed E-state index contributed by atoms with van der Waals surface area (Å²) in [6.07, 6.45) is 0. The lowest BCUT2D eigenvalue weighted by atomic mass is 10.2. The number of aromatic amines is 1. The first-order chi connectivity index (χ1) is 11.9. The largest absolute Gasteiger partial charge is 0.495 e. The van der Waals surface area contributed by atoms with E-state index in [0.717, 1.165) is 10.6 Å². The number of methoxy groups -OCH3 is 2. The topological polar surface area (TPSA) is 56.2 Å². The van der Waals surface area contributed by atoms with Gasteiger partial charge in [0.2, 0.25) is 0 Å². The summed E-state index contributed by atoms with van der Waals surface area (Å²) >= 11 is 17.5. The lowest BCUT2D eigenvalue weighted by Crippen LogP contribution is -2.21. The molecule has 0 amide bonds. The quantitative estimate of drug-likeness (QED) is 0.657. The maximum atomic E-state index is 13.8. The molecule has 5 nitrogen and oxygen atoms in total. The molecule has 0 aliphatic heterocycles. The van der Waals surface area contributed by atoms with Crippen LogP contribution in [0.3, 0.4) is 0 Å². The van der Waals surface area contributed by atoms with Crippen LogP contribution in [0.25, 0.3) is 16.6 Å². The van der Waals surface area contributed by atoms with Gasteiger partial charge in [-0.05, 0) is 24.4 Å². The minimum Gasteiger partial charge on any atom is -0.495 e. The number of halogens is 3. The highest BCUT2D eigenvalue weighted by atomic mass is 35.5. The van der Waals surface area contributed by atoms with Gasteiger partial charge in [0.25, 0.3) is 5.56 Å². The van der Waals surface area contributed by atoms with Crippen molar-refractivity contribution in [3.8, 4) is 17.2 Å². The van der Waals surface area contributed by atoms with Crippen molar-refractivity contribution in [2.45, 2.75) is 0 Å². The van der Waals surface area contributed by atoms with E-state index in [9.17, 15) is 9.18 Å². The SMILES string of the molecule is COc1cc(-n2c(=S)[nH]c3cc(OC)c(Cl)cc3c2=O)c(Cl)cc1F. The second-order valence-corrected chi connectivity index (χ2v) is 6.24. The lowest BCUT2D eigenvalue weighted by molar-refractivity contribution is 0.386. The molecule has 9 heteroatoms. The molecule has 0 radical (unpaired) electrons. The summed E-state index contributed by atoms with van der Waals surface area (Å²) in [6, 6.07) is 5.41. The van der Waals surface area contributed by atoms with Crippen LogP contribution in [0.5, 0.6) is 11.5 Å². The fourth-order valence-electron chi connectivity index (χ4n) is 2.44. The zero-order chi connectivity index (χ0) is 18.3. The zero-order valence-electron chi connectivity index (χ0n) is 13.0. The van der Waals surface area contributed by atoms with E-state index < -0.39 is 11.4 Å². The van der Waals surface area contributed by atoms with E-state index in [4.69, 9.17) is 44.9 Å². The molecule has 0 unspecified atom stereocenters. The van der Waals surface area contributed by atoms with Gasteiger partial charge in [0.15, 0.2) is 16.3 Å². The van der Waals surface area contributed by atoms with Crippen molar-refractivity contribution in [2.24, 2.45) is 0 Å². The van der Waals surface area contributed by atoms with Crippen molar-refractivity contribution < 1.29 is 13.9 Å². The van der Waals surface area contributed by atoms with Crippen molar-refractivity contribution in [1.82, 2.24) is 9.55 Å². The van der Waals surface area contributed by atoms with E-state index >= 15 is 0 Å². The number of nitrogens with zero attached hydrogens (tertiary/aromatic N) is 1. The van der Waals surface area contributed by atoms with Crippen LogP contribution in [0.2, 0.25) is 10.0 Å². The van der Waals surface area contributed by atoms with E-state index in [0.29, 0.717) is 11.3 Å². The molecule has 1 N–H and O–H groups in total. The Labute approximate surface area is 156 Å². The summed E-state index contributed by atoms with van der Waals surface area (Å²) in [6.45, 7) is 0. The number of aromatic nitrogens is 2. The molecule has 0 atom stereocenters. The summed E-state index contributed by atoms with van der Waals surface area (Å²) in [5, 5.41) is 0.560. The van der Waals surface area contributed by atoms with Gasteiger partial charge < -0.3 is 14.5 Å². The van der Waals surface area contributed by atoms with Crippen molar-refractivity contribution in [3.05, 3.63) is 55.3 Å². The fourth-order valence-corrected chi connectivity index (χ4v) is 3.21. The first-order valence-electron chi connectivity index (χ1n) is 6.93. The number of benzene rings is 2. The molecule has 25 heavy (non-hydrogen) atoms. The van der Waals surface area contributed by atoms with Gasteiger partial charge in [-0.15, -0.1) is 0 Å². The van der Waals surface area contributed by atoms with E-state index in [2.05, 4.69) is 4.98 Å². The Balaban J connectivity index is 2.39. The van der Waals surface area contributed by atoms with Crippen LogP contribution in [-0.4, -0.2) is 23.8 Å². The molecule has 0 aliphatic rings. The highest BCUT2D eigenvalue weighted by Gasteiger charge is 2.16. The molecule has 0 saturated heterocycles. The van der Waals surface area contributed by atoms with E-state index in [1.807, 2.05) is 0 Å². The van der Waals surface area contributed by atoms with Crippen molar-refractivity contribution in [2.75, 3.05) is 14.2 Å². The van der Waals surface area contributed by atoms with E-state index in [1.54, 1.807) is 6.07 Å². The summed E-state index contributed by atoms with van der Waals surface area (Å²) in [5.74, 6) is -0.306. The molecule has 3 rings (SSSR count). The van der Waals surface area contributed by atoms with Crippen LogP contribution in [0.4, 0.5) is 4.39 Å². The first-order valence-corrected chi connectivity index (χ1v) is 8.09. The van der Waals surface area contributed by atoms with Gasteiger partial charge in [-0.1, -0.05) is 23.2 Å². The summed E-state index contributed by atoms with van der Waals surface area (Å²) in [5.41, 5.74) is 0.191. The van der Waals surface area contributed by atoms with Crippen LogP contribution in [0, 0.1) is 10.6 Å². The third-order valence-electron chi connectivity index (χ3n) is 3.63. The van der Waals surface area contributed by atoms with Gasteiger partial charge in [0.1, 0.15) is 5.75 Å². The summed E-state index contributed by atoms with van der Waals surface area (Å²) in [7, 11) is 2.78. The van der Waals surface area contributed by atoms with E-state index in [-0.39, 0.29) is 31.6 Å². The molecule has 0 aliphatic carbocycles. The molecule has 2 aromatic carbocycles. The van der Waals surface area contributed by atoms with Crippen molar-refractivity contribution >= 4 is 46.3 Å². The Morgan fingerprint density at radius 1 is 1.08 bits per heavy atom. The molecule has 3 aromatic rings. The highest BCUT2D eigenvalue weighted by Crippen LogP contribution is 2.30. The minimum atomic E-state index is -0.646. The van der Waals surface area contributed by atoms with Gasteiger partial charge in [0, 0.05) is 12.1 Å². The standard InChI is InChI=1S/C16H11Cl2FN2O3S/c1-23-13-5-11-7(3-9(13)18)15(22)21(16(25)20-11)12-6-14(24-2)10(19)4-8(12)17/h3-6H,1-2H3,(H,20,25). The van der Waals surface area contributed by atoms with Crippen LogP contribution in [-0.2, 0) is 0 Å². The van der Waals surface area contributed by atoms with Gasteiger partial charge in [-0.25, -0.2) is 4.39 Å². The Bertz CT molecular complexity index is 1110. The average molecular weight is 401 g/mol. The Kier molecular flexibility index (Phi) is 4.73. The molecular formula is C16H11Cl2FN2O3S. The first kappa shape index (κ1) is 17.7. The number of rotatable bonds is 3. The molecule has 1 aromatic heterocycles. The predicted molar refractivity (Wildman–Crippen MR) is 97.8 cm³/mol. The summed E-state index contributed by atoms with van der Waals surface area (Å²) in [4.78, 5) is 15.8. The number of nitrogens with one attached hydrogen (secondary N) is 1. The third kappa shape index (κ3) is 2.99. The predicted octanol–water partition coefficient (Wildman–Crippen LogP) is 4.51. The molecule has 1 heterocycles. The monoisotopic (exact) mass is 400 g/mol. The van der Waals surface area contributed by atoms with Gasteiger partial charge >= 0.3 is 0 Å². The fraction of sp³-hybridized carbons (Fsp3) is 0.125. The number of hydrogen-bond acceptors (Lipinski definition) is 4. The lowest BCUT2D eigenvalue weighted by Gasteiger charge is -2.13. The Hall–Kier alpha value is -2.09. The minimum absolute atomic E-state index is 0.0128. The smallest absolute Gasteiger partial charge is 0.266 e. The molecular weight excluding hydrogens is 390 g/mol. The molecule has 0 saturated carbocycles. The molecule has 0 bridgehead atoms. The number of fused-ring (bicyclic) bond motifs is 1. The van der Waals surface area contributed by atoms with Gasteiger partial charge in [-0.2, -0.15) is 0 Å². The zero-order valence-corrected chi connectivity index (χ0v) is 15.4. The number of hydrogen-bond donors (Lipinski definition) is 1. The molecule has 130 valence electrons. The van der Waals surface area contributed by atoms with Crippen LogP contribution in [0.15, 0.2) is 29.1 Å². The normalized spacial score (nSPS) is 10.9. The maximum absolute atomic E-state index is 13.8. The second-order valence-electron chi connectivity index (χ2n) is 5.04. The average Bonchev–Trinajstić information content (AvgIpc) is 2.57.